The fourth-order valence-corrected chi connectivity index (χ4v) is 3.01. The third kappa shape index (κ3) is 4.00. The molecule has 0 fully saturated rings. The molecule has 3 rings (SSSR count). The highest BCUT2D eigenvalue weighted by molar-refractivity contribution is 7.07. The number of para-hydroxylation sites is 1. The third-order valence-corrected chi connectivity index (χ3v) is 4.31. The molecule has 0 radical (unpaired) electrons. The van der Waals surface area contributed by atoms with Crippen molar-refractivity contribution in [3.05, 3.63) is 82.3 Å². The van der Waals surface area contributed by atoms with Crippen LogP contribution in [0, 0.1) is 0 Å². The van der Waals surface area contributed by atoms with Gasteiger partial charge in [-0.3, -0.25) is 9.78 Å². The quantitative estimate of drug-likeness (QED) is 0.682. The molecule has 0 saturated carbocycles. The Kier molecular flexibility index (Phi) is 5.23. The Morgan fingerprint density at radius 2 is 2.04 bits per heavy atom. The molecule has 2 heterocycles. The summed E-state index contributed by atoms with van der Waals surface area (Å²) in [5, 5.41) is 4.06. The van der Waals surface area contributed by atoms with Gasteiger partial charge < -0.3 is 9.64 Å². The van der Waals surface area contributed by atoms with Crippen LogP contribution >= 0.6 is 11.3 Å². The molecule has 0 unspecified atom stereocenters. The van der Waals surface area contributed by atoms with Crippen LogP contribution in [0.25, 0.3) is 0 Å². The van der Waals surface area contributed by atoms with Crippen molar-refractivity contribution in [1.29, 1.82) is 0 Å². The largest absolute Gasteiger partial charge is 0.488 e. The van der Waals surface area contributed by atoms with Crippen LogP contribution in [0.2, 0.25) is 0 Å². The standard InChI is InChI=1S/C19H18N2O2S/c1-21(12-16-8-10-24-14-16)19(22)17-6-2-3-7-18(17)23-13-15-5-4-9-20-11-15/h2-11,14H,12-13H2,1H3. The Morgan fingerprint density at radius 1 is 1.17 bits per heavy atom. The third-order valence-electron chi connectivity index (χ3n) is 3.58. The molecule has 0 bridgehead atoms. The van der Waals surface area contributed by atoms with Gasteiger partial charge in [0.25, 0.3) is 5.91 Å². The number of carbonyl (C=O) groups excluding carboxylic acids is 1. The SMILES string of the molecule is CN(Cc1ccsc1)C(=O)c1ccccc1OCc1cccnc1. The highest BCUT2D eigenvalue weighted by Crippen LogP contribution is 2.21. The summed E-state index contributed by atoms with van der Waals surface area (Å²) in [6.07, 6.45) is 3.48. The van der Waals surface area contributed by atoms with Crippen LogP contribution in [-0.2, 0) is 13.2 Å². The summed E-state index contributed by atoms with van der Waals surface area (Å²) in [7, 11) is 1.80. The van der Waals surface area contributed by atoms with Gasteiger partial charge in [-0.15, -0.1) is 0 Å². The normalized spacial score (nSPS) is 10.4. The van der Waals surface area contributed by atoms with Gasteiger partial charge in [0.1, 0.15) is 12.4 Å². The predicted molar refractivity (Wildman–Crippen MR) is 95.1 cm³/mol. The smallest absolute Gasteiger partial charge is 0.257 e. The lowest BCUT2D eigenvalue weighted by atomic mass is 10.1. The fourth-order valence-electron chi connectivity index (χ4n) is 2.35. The number of amides is 1. The molecule has 4 nitrogen and oxygen atoms in total. The summed E-state index contributed by atoms with van der Waals surface area (Å²) in [6, 6.07) is 13.2. The number of nitrogens with zero attached hydrogens (tertiary/aromatic N) is 2. The fraction of sp³-hybridized carbons (Fsp3) is 0.158. The molecular weight excluding hydrogens is 320 g/mol. The lowest BCUT2D eigenvalue weighted by Crippen LogP contribution is -2.26. The zero-order chi connectivity index (χ0) is 16.8. The van der Waals surface area contributed by atoms with Gasteiger partial charge in [0, 0.05) is 31.5 Å². The number of thiophene rings is 1. The Bertz CT molecular complexity index is 788. The molecule has 0 spiro atoms. The maximum absolute atomic E-state index is 12.7. The molecule has 122 valence electrons. The van der Waals surface area contributed by atoms with Gasteiger partial charge in [-0.1, -0.05) is 18.2 Å². The van der Waals surface area contributed by atoms with E-state index in [9.17, 15) is 4.79 Å². The molecule has 3 aromatic rings. The Hall–Kier alpha value is -2.66. The van der Waals surface area contributed by atoms with Gasteiger partial charge in [-0.25, -0.2) is 0 Å². The average molecular weight is 338 g/mol. The highest BCUT2D eigenvalue weighted by atomic mass is 32.1. The van der Waals surface area contributed by atoms with E-state index in [1.165, 1.54) is 0 Å². The van der Waals surface area contributed by atoms with Gasteiger partial charge in [-0.2, -0.15) is 11.3 Å². The first kappa shape index (κ1) is 16.2. The van der Waals surface area contributed by atoms with E-state index in [1.807, 2.05) is 41.8 Å². The van der Waals surface area contributed by atoms with E-state index in [2.05, 4.69) is 10.4 Å². The summed E-state index contributed by atoms with van der Waals surface area (Å²) in [6.45, 7) is 0.964. The Balaban J connectivity index is 1.72. The van der Waals surface area contributed by atoms with E-state index < -0.39 is 0 Å². The minimum atomic E-state index is -0.0528. The summed E-state index contributed by atoms with van der Waals surface area (Å²) in [5.41, 5.74) is 2.66. The van der Waals surface area contributed by atoms with Crippen LogP contribution in [0.5, 0.6) is 5.75 Å². The number of pyridine rings is 1. The van der Waals surface area contributed by atoms with Gasteiger partial charge in [0.15, 0.2) is 0 Å². The summed E-state index contributed by atoms with van der Waals surface area (Å²) < 4.78 is 5.84. The van der Waals surface area contributed by atoms with Crippen molar-refractivity contribution in [2.75, 3.05) is 7.05 Å². The van der Waals surface area contributed by atoms with E-state index in [0.717, 1.165) is 11.1 Å². The van der Waals surface area contributed by atoms with Crippen LogP contribution in [-0.4, -0.2) is 22.8 Å². The van der Waals surface area contributed by atoms with Crippen molar-refractivity contribution >= 4 is 17.2 Å². The van der Waals surface area contributed by atoms with Crippen LogP contribution in [0.1, 0.15) is 21.5 Å². The first-order valence-electron chi connectivity index (χ1n) is 7.61. The molecular formula is C19H18N2O2S. The molecule has 0 saturated heterocycles. The lowest BCUT2D eigenvalue weighted by molar-refractivity contribution is 0.0780. The maximum Gasteiger partial charge on any atom is 0.257 e. The van der Waals surface area contributed by atoms with Gasteiger partial charge in [-0.05, 0) is 40.6 Å². The van der Waals surface area contributed by atoms with E-state index in [-0.39, 0.29) is 5.91 Å². The van der Waals surface area contributed by atoms with E-state index in [1.54, 1.807) is 41.7 Å². The Labute approximate surface area is 145 Å². The second-order valence-corrected chi connectivity index (χ2v) is 6.22. The van der Waals surface area contributed by atoms with Crippen molar-refractivity contribution in [2.24, 2.45) is 0 Å². The molecule has 0 atom stereocenters. The first-order chi connectivity index (χ1) is 11.7. The van der Waals surface area contributed by atoms with Gasteiger partial charge in [0.05, 0.1) is 5.56 Å². The predicted octanol–water partition coefficient (Wildman–Crippen LogP) is 3.99. The monoisotopic (exact) mass is 338 g/mol. The van der Waals surface area contributed by atoms with Crippen LogP contribution in [0.15, 0.2) is 65.6 Å². The molecule has 0 aliphatic rings. The van der Waals surface area contributed by atoms with Crippen molar-refractivity contribution in [2.45, 2.75) is 13.2 Å². The lowest BCUT2D eigenvalue weighted by Gasteiger charge is -2.18. The van der Waals surface area contributed by atoms with Crippen molar-refractivity contribution < 1.29 is 9.53 Å². The minimum absolute atomic E-state index is 0.0528. The molecule has 0 N–H and O–H groups in total. The zero-order valence-corrected chi connectivity index (χ0v) is 14.2. The van der Waals surface area contributed by atoms with Crippen LogP contribution in [0.3, 0.4) is 0 Å². The zero-order valence-electron chi connectivity index (χ0n) is 13.4. The molecule has 2 aromatic heterocycles. The Morgan fingerprint density at radius 3 is 2.79 bits per heavy atom. The average Bonchev–Trinajstić information content (AvgIpc) is 3.13. The topological polar surface area (TPSA) is 42.4 Å². The second-order valence-electron chi connectivity index (χ2n) is 5.44. The number of benzene rings is 1. The highest BCUT2D eigenvalue weighted by Gasteiger charge is 2.17. The van der Waals surface area contributed by atoms with E-state index >= 15 is 0 Å². The maximum atomic E-state index is 12.7. The number of hydrogen-bond donors (Lipinski definition) is 0. The molecule has 0 aliphatic heterocycles. The van der Waals surface area contributed by atoms with Crippen LogP contribution < -0.4 is 4.74 Å². The number of aromatic nitrogens is 1. The number of hydrogen-bond acceptors (Lipinski definition) is 4. The molecule has 5 heteroatoms. The van der Waals surface area contributed by atoms with Gasteiger partial charge in [0.2, 0.25) is 0 Å². The number of ether oxygens (including phenoxy) is 1. The van der Waals surface area contributed by atoms with Crippen molar-refractivity contribution in [1.82, 2.24) is 9.88 Å². The van der Waals surface area contributed by atoms with Gasteiger partial charge >= 0.3 is 0 Å². The second kappa shape index (κ2) is 7.75. The molecule has 24 heavy (non-hydrogen) atoms. The molecule has 1 aromatic carbocycles. The van der Waals surface area contributed by atoms with Crippen LogP contribution in [0.4, 0.5) is 0 Å². The van der Waals surface area contributed by atoms with Crippen molar-refractivity contribution in [3.8, 4) is 5.75 Å². The first-order valence-corrected chi connectivity index (χ1v) is 8.55. The van der Waals surface area contributed by atoms with E-state index in [4.69, 9.17) is 4.74 Å². The van der Waals surface area contributed by atoms with E-state index in [0.29, 0.717) is 24.5 Å². The van der Waals surface area contributed by atoms with Crippen molar-refractivity contribution in [3.63, 3.8) is 0 Å². The summed E-state index contributed by atoms with van der Waals surface area (Å²) >= 11 is 1.63. The summed E-state index contributed by atoms with van der Waals surface area (Å²) in [5.74, 6) is 0.534. The minimum Gasteiger partial charge on any atom is -0.488 e. The number of carbonyl (C=O) groups is 1. The summed E-state index contributed by atoms with van der Waals surface area (Å²) in [4.78, 5) is 18.5. The molecule has 1 amide bonds. The molecule has 0 aliphatic carbocycles. The number of rotatable bonds is 6.